The number of hydrogen-bond donors (Lipinski definition) is 1. The maximum Gasteiger partial charge on any atom is 0.0991 e. The molecule has 1 rings (SSSR count). The van der Waals surface area contributed by atoms with Gasteiger partial charge < -0.3 is 5.32 Å². The predicted octanol–water partition coefficient (Wildman–Crippen LogP) is 4.28. The largest absolute Gasteiger partial charge is 0.313 e. The lowest BCUT2D eigenvalue weighted by Crippen LogP contribution is -2.15. The Morgan fingerprint density at radius 3 is 2.79 bits per heavy atom. The van der Waals surface area contributed by atoms with Crippen molar-refractivity contribution in [1.82, 2.24) is 5.32 Å². The fourth-order valence-electron chi connectivity index (χ4n) is 1.33. The summed E-state index contributed by atoms with van der Waals surface area (Å²) in [6.45, 7) is 3.70. The molecule has 1 heterocycles. The molecule has 0 spiro atoms. The number of halogens is 2. The first-order chi connectivity index (χ1) is 6.69. The highest BCUT2D eigenvalue weighted by Crippen LogP contribution is 2.36. The molecule has 14 heavy (non-hydrogen) atoms. The van der Waals surface area contributed by atoms with E-state index in [0.717, 1.165) is 27.1 Å². The Labute approximate surface area is 98.7 Å². The summed E-state index contributed by atoms with van der Waals surface area (Å²) in [5.41, 5.74) is 1.09. The molecule has 78 valence electrons. The van der Waals surface area contributed by atoms with E-state index < -0.39 is 0 Å². The highest BCUT2D eigenvalue weighted by molar-refractivity contribution is 7.20. The quantitative estimate of drug-likeness (QED) is 0.769. The molecule has 1 N–H and O–H groups in total. The Morgan fingerprint density at radius 1 is 1.64 bits per heavy atom. The van der Waals surface area contributed by atoms with Crippen LogP contribution in [0.4, 0.5) is 0 Å². The van der Waals surface area contributed by atoms with Gasteiger partial charge in [0.2, 0.25) is 0 Å². The van der Waals surface area contributed by atoms with Gasteiger partial charge in [-0.15, -0.1) is 17.9 Å². The van der Waals surface area contributed by atoms with Crippen molar-refractivity contribution in [3.05, 3.63) is 33.0 Å². The van der Waals surface area contributed by atoms with E-state index in [9.17, 15) is 0 Å². The lowest BCUT2D eigenvalue weighted by atomic mass is 10.1. The molecular weight excluding hydrogens is 237 g/mol. The van der Waals surface area contributed by atoms with Gasteiger partial charge in [-0.1, -0.05) is 29.3 Å². The molecule has 0 saturated heterocycles. The van der Waals surface area contributed by atoms with Gasteiger partial charge in [-0.05, 0) is 26.0 Å². The summed E-state index contributed by atoms with van der Waals surface area (Å²) in [7, 11) is 1.93. The van der Waals surface area contributed by atoms with E-state index in [1.807, 2.05) is 19.2 Å². The van der Waals surface area contributed by atoms with Gasteiger partial charge in [-0.2, -0.15) is 0 Å². The molecule has 0 aliphatic rings. The van der Waals surface area contributed by atoms with Crippen molar-refractivity contribution >= 4 is 34.5 Å². The Balaban J connectivity index is 2.77. The first-order valence-corrected chi connectivity index (χ1v) is 5.99. The Hall–Kier alpha value is -0.0200. The van der Waals surface area contributed by atoms with Crippen molar-refractivity contribution in [1.29, 1.82) is 0 Å². The van der Waals surface area contributed by atoms with E-state index in [2.05, 4.69) is 11.9 Å². The standard InChI is InChI=1S/C10H13Cl2NS/c1-3-4-5-8(13-2)7-6-9(11)14-10(7)12/h3,6,8,13H,1,4-5H2,2H3. The van der Waals surface area contributed by atoms with Gasteiger partial charge in [0.25, 0.3) is 0 Å². The van der Waals surface area contributed by atoms with E-state index in [-0.39, 0.29) is 6.04 Å². The molecule has 0 aliphatic heterocycles. The summed E-state index contributed by atoms with van der Waals surface area (Å²) in [5, 5.41) is 3.22. The molecule has 0 amide bonds. The zero-order valence-corrected chi connectivity index (χ0v) is 10.3. The summed E-state index contributed by atoms with van der Waals surface area (Å²) >= 11 is 13.4. The van der Waals surface area contributed by atoms with E-state index in [1.165, 1.54) is 11.3 Å². The number of nitrogens with one attached hydrogen (secondary N) is 1. The average molecular weight is 250 g/mol. The maximum absolute atomic E-state index is 6.07. The third-order valence-corrected chi connectivity index (χ3v) is 3.58. The minimum absolute atomic E-state index is 0.268. The van der Waals surface area contributed by atoms with Gasteiger partial charge in [0.1, 0.15) is 0 Å². The van der Waals surface area contributed by atoms with Gasteiger partial charge in [-0.25, -0.2) is 0 Å². The van der Waals surface area contributed by atoms with Gasteiger partial charge in [0.15, 0.2) is 0 Å². The topological polar surface area (TPSA) is 12.0 Å². The first kappa shape index (κ1) is 12.1. The van der Waals surface area contributed by atoms with E-state index in [4.69, 9.17) is 23.2 Å². The second-order valence-electron chi connectivity index (χ2n) is 2.99. The third kappa shape index (κ3) is 2.99. The lowest BCUT2D eigenvalue weighted by molar-refractivity contribution is 0.556. The maximum atomic E-state index is 6.07. The van der Waals surface area contributed by atoms with Crippen LogP contribution in [-0.2, 0) is 0 Å². The van der Waals surface area contributed by atoms with Crippen molar-refractivity contribution in [3.63, 3.8) is 0 Å². The summed E-state index contributed by atoms with van der Waals surface area (Å²) < 4.78 is 1.52. The molecule has 1 atom stereocenters. The van der Waals surface area contributed by atoms with Crippen LogP contribution in [0.2, 0.25) is 8.67 Å². The molecule has 1 aromatic rings. The third-order valence-electron chi connectivity index (χ3n) is 2.07. The highest BCUT2D eigenvalue weighted by Gasteiger charge is 2.14. The van der Waals surface area contributed by atoms with Crippen molar-refractivity contribution in [2.45, 2.75) is 18.9 Å². The van der Waals surface area contributed by atoms with E-state index in [0.29, 0.717) is 0 Å². The van der Waals surface area contributed by atoms with Crippen molar-refractivity contribution in [2.24, 2.45) is 0 Å². The van der Waals surface area contributed by atoms with Crippen molar-refractivity contribution < 1.29 is 0 Å². The average Bonchev–Trinajstić information content (AvgIpc) is 2.47. The summed E-state index contributed by atoms with van der Waals surface area (Å²) in [5.74, 6) is 0. The van der Waals surface area contributed by atoms with Gasteiger partial charge in [0, 0.05) is 11.6 Å². The second kappa shape index (κ2) is 5.76. The number of thiophene rings is 1. The Morgan fingerprint density at radius 2 is 2.36 bits per heavy atom. The minimum atomic E-state index is 0.268. The number of rotatable bonds is 5. The molecule has 0 bridgehead atoms. The second-order valence-corrected chi connectivity index (χ2v) is 5.27. The van der Waals surface area contributed by atoms with Gasteiger partial charge in [-0.3, -0.25) is 0 Å². The Kier molecular flexibility index (Phi) is 4.96. The molecular formula is C10H13Cl2NS. The van der Waals surface area contributed by atoms with Crippen molar-refractivity contribution in [2.75, 3.05) is 7.05 Å². The SMILES string of the molecule is C=CCCC(NC)c1cc(Cl)sc1Cl. The van der Waals surface area contributed by atoms with Crippen molar-refractivity contribution in [3.8, 4) is 0 Å². The van der Waals surface area contributed by atoms with Crippen LogP contribution in [0.3, 0.4) is 0 Å². The molecule has 1 aromatic heterocycles. The molecule has 0 radical (unpaired) electrons. The Bertz CT molecular complexity index is 309. The fourth-order valence-corrected chi connectivity index (χ4v) is 2.91. The van der Waals surface area contributed by atoms with E-state index in [1.54, 1.807) is 0 Å². The highest BCUT2D eigenvalue weighted by atomic mass is 35.5. The normalized spacial score (nSPS) is 12.8. The lowest BCUT2D eigenvalue weighted by Gasteiger charge is -2.14. The number of hydrogen-bond acceptors (Lipinski definition) is 2. The van der Waals surface area contributed by atoms with Crippen LogP contribution in [0.25, 0.3) is 0 Å². The number of allylic oxidation sites excluding steroid dienone is 1. The van der Waals surface area contributed by atoms with E-state index >= 15 is 0 Å². The molecule has 0 fully saturated rings. The molecule has 1 nitrogen and oxygen atoms in total. The smallest absolute Gasteiger partial charge is 0.0991 e. The van der Waals surface area contributed by atoms with Gasteiger partial charge in [0.05, 0.1) is 8.67 Å². The van der Waals surface area contributed by atoms with Crippen LogP contribution in [0, 0.1) is 0 Å². The van der Waals surface area contributed by atoms with Crippen LogP contribution < -0.4 is 5.32 Å². The molecule has 0 saturated carbocycles. The predicted molar refractivity (Wildman–Crippen MR) is 65.6 cm³/mol. The van der Waals surface area contributed by atoms with Gasteiger partial charge >= 0.3 is 0 Å². The summed E-state index contributed by atoms with van der Waals surface area (Å²) in [6, 6.07) is 2.20. The summed E-state index contributed by atoms with van der Waals surface area (Å²) in [6.07, 6.45) is 3.87. The van der Waals surface area contributed by atoms with Crippen LogP contribution >= 0.6 is 34.5 Å². The van der Waals surface area contributed by atoms with Crippen LogP contribution in [0.5, 0.6) is 0 Å². The summed E-state index contributed by atoms with van der Waals surface area (Å²) in [4.78, 5) is 0. The minimum Gasteiger partial charge on any atom is -0.313 e. The zero-order valence-electron chi connectivity index (χ0n) is 8.02. The first-order valence-electron chi connectivity index (χ1n) is 4.42. The zero-order chi connectivity index (χ0) is 10.6. The molecule has 0 aromatic carbocycles. The van der Waals surface area contributed by atoms with Crippen LogP contribution in [0.1, 0.15) is 24.4 Å². The van der Waals surface area contributed by atoms with Crippen LogP contribution in [0.15, 0.2) is 18.7 Å². The fraction of sp³-hybridized carbons (Fsp3) is 0.400. The monoisotopic (exact) mass is 249 g/mol. The molecule has 0 aliphatic carbocycles. The molecule has 1 unspecified atom stereocenters. The molecule has 4 heteroatoms. The van der Waals surface area contributed by atoms with Crippen LogP contribution in [-0.4, -0.2) is 7.05 Å².